The standard InChI is InChI=1S/C67H42N2O/c1-3-19-43(20-4-1)68(45-36-38-64-57(39-45)50-26-10-9-25-49(50)54-29-13-17-33-63(54)69(64)44-21-5-2-6-22-44)46-35-37-53-48-24-8-7-23-47(48)51-27-11-15-31-59(51)67(61(53)40-46)60-32-16-12-28-52(60)56-41-58-55-30-14-18-34-65(55)70-66(58)42-62(56)67/h1-42H. The van der Waals surface area contributed by atoms with Crippen molar-refractivity contribution in [2.45, 2.75) is 5.41 Å². The van der Waals surface area contributed by atoms with E-state index in [1.807, 2.05) is 0 Å². The van der Waals surface area contributed by atoms with Crippen LogP contribution in [-0.2, 0) is 5.41 Å². The first-order chi connectivity index (χ1) is 34.7. The summed E-state index contributed by atoms with van der Waals surface area (Å²) in [4.78, 5) is 4.88. The summed E-state index contributed by atoms with van der Waals surface area (Å²) in [7, 11) is 0. The molecule has 1 aliphatic heterocycles. The minimum atomic E-state index is -0.711. The van der Waals surface area contributed by atoms with E-state index in [9.17, 15) is 0 Å². The fourth-order valence-electron chi connectivity index (χ4n) is 12.4. The minimum absolute atomic E-state index is 0.711. The fraction of sp³-hybridized carbons (Fsp3) is 0.0149. The molecule has 0 saturated carbocycles. The molecular formula is C67H42N2O. The van der Waals surface area contributed by atoms with Gasteiger partial charge in [-0.25, -0.2) is 0 Å². The van der Waals surface area contributed by atoms with E-state index >= 15 is 0 Å². The van der Waals surface area contributed by atoms with Crippen molar-refractivity contribution in [3.05, 3.63) is 277 Å². The molecule has 15 rings (SSSR count). The Morgan fingerprint density at radius 2 is 0.786 bits per heavy atom. The summed E-state index contributed by atoms with van der Waals surface area (Å²) in [6.07, 6.45) is 0. The number of anilines is 6. The van der Waals surface area contributed by atoms with E-state index in [1.165, 1.54) is 72.3 Å². The van der Waals surface area contributed by atoms with Gasteiger partial charge in [0, 0.05) is 44.6 Å². The molecule has 2 aliphatic carbocycles. The zero-order valence-corrected chi connectivity index (χ0v) is 38.1. The molecule has 0 amide bonds. The molecule has 12 aromatic rings. The van der Waals surface area contributed by atoms with Gasteiger partial charge in [-0.15, -0.1) is 0 Å². The van der Waals surface area contributed by atoms with Gasteiger partial charge >= 0.3 is 0 Å². The van der Waals surface area contributed by atoms with Crippen molar-refractivity contribution in [2.24, 2.45) is 0 Å². The van der Waals surface area contributed by atoms with E-state index in [-0.39, 0.29) is 0 Å². The lowest BCUT2D eigenvalue weighted by Gasteiger charge is -2.36. The van der Waals surface area contributed by atoms with Crippen molar-refractivity contribution in [1.82, 2.24) is 0 Å². The fourth-order valence-corrected chi connectivity index (χ4v) is 12.4. The van der Waals surface area contributed by atoms with Crippen LogP contribution in [0.5, 0.6) is 0 Å². The molecule has 3 aliphatic rings. The van der Waals surface area contributed by atoms with Crippen molar-refractivity contribution in [3.8, 4) is 55.6 Å². The van der Waals surface area contributed by atoms with E-state index in [0.29, 0.717) is 0 Å². The van der Waals surface area contributed by atoms with E-state index in [2.05, 4.69) is 265 Å². The molecule has 1 spiro atoms. The summed E-state index contributed by atoms with van der Waals surface area (Å²) >= 11 is 0. The average molecular weight is 891 g/mol. The van der Waals surface area contributed by atoms with Crippen molar-refractivity contribution in [2.75, 3.05) is 9.80 Å². The molecule has 326 valence electrons. The predicted octanol–water partition coefficient (Wildman–Crippen LogP) is 18.2. The highest BCUT2D eigenvalue weighted by Crippen LogP contribution is 2.63. The van der Waals surface area contributed by atoms with Gasteiger partial charge in [0.2, 0.25) is 0 Å². The minimum Gasteiger partial charge on any atom is -0.456 e. The zero-order chi connectivity index (χ0) is 45.9. The Morgan fingerprint density at radius 1 is 0.286 bits per heavy atom. The average Bonchev–Trinajstić information content (AvgIpc) is 3.86. The summed E-state index contributed by atoms with van der Waals surface area (Å²) in [5, 5.41) is 2.27. The quantitative estimate of drug-likeness (QED) is 0.176. The Labute approximate surface area is 406 Å². The summed E-state index contributed by atoms with van der Waals surface area (Å²) in [5.74, 6) is 0. The zero-order valence-electron chi connectivity index (χ0n) is 38.1. The second-order valence-corrected chi connectivity index (χ2v) is 18.7. The van der Waals surface area contributed by atoms with Crippen LogP contribution in [0.25, 0.3) is 77.6 Å². The second kappa shape index (κ2) is 14.9. The molecule has 3 nitrogen and oxygen atoms in total. The highest BCUT2D eigenvalue weighted by molar-refractivity contribution is 6.09. The molecule has 3 heteroatoms. The van der Waals surface area contributed by atoms with Crippen LogP contribution in [0.4, 0.5) is 34.1 Å². The lowest BCUT2D eigenvalue weighted by molar-refractivity contribution is 0.666. The molecule has 2 heterocycles. The van der Waals surface area contributed by atoms with Gasteiger partial charge in [-0.1, -0.05) is 176 Å². The SMILES string of the molecule is c1ccc(N(c2ccc3c(c2)-c2ccccc2-c2ccccc2N3c2ccccc2)c2ccc3c(c2)C2(c4ccccc4-c4ccccc4-3)c3ccccc3-c3cc4c(cc32)oc2ccccc24)cc1. The monoisotopic (exact) mass is 890 g/mol. The Hall–Kier alpha value is -9.18. The van der Waals surface area contributed by atoms with E-state index in [0.717, 1.165) is 61.6 Å². The number of rotatable bonds is 4. The van der Waals surface area contributed by atoms with Crippen LogP contribution in [0.1, 0.15) is 22.3 Å². The number of para-hydroxylation sites is 4. The van der Waals surface area contributed by atoms with E-state index < -0.39 is 5.41 Å². The number of hydrogen-bond acceptors (Lipinski definition) is 3. The maximum atomic E-state index is 6.78. The highest BCUT2D eigenvalue weighted by Gasteiger charge is 2.50. The van der Waals surface area contributed by atoms with Crippen molar-refractivity contribution in [1.29, 1.82) is 0 Å². The maximum absolute atomic E-state index is 6.78. The van der Waals surface area contributed by atoms with Crippen LogP contribution < -0.4 is 9.80 Å². The van der Waals surface area contributed by atoms with Crippen molar-refractivity contribution < 1.29 is 4.42 Å². The first kappa shape index (κ1) is 38.9. The summed E-state index contributed by atoms with van der Waals surface area (Å²) < 4.78 is 6.78. The highest BCUT2D eigenvalue weighted by atomic mass is 16.3. The third-order valence-electron chi connectivity index (χ3n) is 15.2. The third kappa shape index (κ3) is 5.40. The molecule has 1 atom stereocenters. The Kier molecular flexibility index (Phi) is 8.28. The number of furan rings is 1. The largest absolute Gasteiger partial charge is 0.456 e. The molecule has 0 radical (unpaired) electrons. The van der Waals surface area contributed by atoms with Crippen LogP contribution in [0.2, 0.25) is 0 Å². The molecule has 1 unspecified atom stereocenters. The van der Waals surface area contributed by atoms with Crippen LogP contribution in [0.3, 0.4) is 0 Å². The van der Waals surface area contributed by atoms with Crippen LogP contribution in [0.15, 0.2) is 259 Å². The van der Waals surface area contributed by atoms with Crippen LogP contribution in [0, 0.1) is 0 Å². The second-order valence-electron chi connectivity index (χ2n) is 18.7. The van der Waals surface area contributed by atoms with Crippen LogP contribution >= 0.6 is 0 Å². The van der Waals surface area contributed by atoms with Crippen LogP contribution in [-0.4, -0.2) is 0 Å². The smallest absolute Gasteiger partial charge is 0.135 e. The molecule has 11 aromatic carbocycles. The first-order valence-corrected chi connectivity index (χ1v) is 24.2. The van der Waals surface area contributed by atoms with Gasteiger partial charge < -0.3 is 14.2 Å². The van der Waals surface area contributed by atoms with Gasteiger partial charge in [0.15, 0.2) is 0 Å². The molecule has 0 bridgehead atoms. The third-order valence-corrected chi connectivity index (χ3v) is 15.2. The van der Waals surface area contributed by atoms with Gasteiger partial charge in [0.1, 0.15) is 11.2 Å². The van der Waals surface area contributed by atoms with E-state index in [4.69, 9.17) is 4.42 Å². The number of benzene rings is 11. The van der Waals surface area contributed by atoms with Gasteiger partial charge in [-0.05, 0) is 146 Å². The topological polar surface area (TPSA) is 19.6 Å². The summed E-state index contributed by atoms with van der Waals surface area (Å²) in [6.45, 7) is 0. The lowest BCUT2D eigenvalue weighted by Crippen LogP contribution is -2.29. The van der Waals surface area contributed by atoms with Crippen molar-refractivity contribution >= 4 is 56.1 Å². The molecule has 0 fully saturated rings. The summed E-state index contributed by atoms with van der Waals surface area (Å²) in [6, 6.07) is 94.0. The molecule has 70 heavy (non-hydrogen) atoms. The Morgan fingerprint density at radius 3 is 1.51 bits per heavy atom. The van der Waals surface area contributed by atoms with Gasteiger partial charge in [-0.3, -0.25) is 0 Å². The molecule has 1 aromatic heterocycles. The van der Waals surface area contributed by atoms with Crippen molar-refractivity contribution in [3.63, 3.8) is 0 Å². The number of nitrogens with zero attached hydrogens (tertiary/aromatic N) is 2. The van der Waals surface area contributed by atoms with Gasteiger partial charge in [-0.2, -0.15) is 0 Å². The first-order valence-electron chi connectivity index (χ1n) is 24.2. The van der Waals surface area contributed by atoms with E-state index in [1.54, 1.807) is 0 Å². The van der Waals surface area contributed by atoms with Gasteiger partial charge in [0.05, 0.1) is 16.8 Å². The maximum Gasteiger partial charge on any atom is 0.135 e. The predicted molar refractivity (Wildman–Crippen MR) is 289 cm³/mol. The molecular weight excluding hydrogens is 849 g/mol. The summed E-state index contributed by atoms with van der Waals surface area (Å²) in [5.41, 5.74) is 24.8. The molecule has 0 saturated heterocycles. The number of hydrogen-bond donors (Lipinski definition) is 0. The Bertz CT molecular complexity index is 4090. The Balaban J connectivity index is 1.03. The number of fused-ring (bicyclic) bond motifs is 20. The normalized spacial score (nSPS) is 14.6. The van der Waals surface area contributed by atoms with Gasteiger partial charge in [0.25, 0.3) is 0 Å². The lowest BCUT2D eigenvalue weighted by atomic mass is 9.65. The molecule has 0 N–H and O–H groups in total.